The molecule has 1 heterocycles. The number of benzene rings is 3. The molecule has 0 aromatic heterocycles. The molecule has 3 N–H and O–H groups in total. The van der Waals surface area contributed by atoms with Crippen molar-refractivity contribution in [2.75, 3.05) is 22.0 Å². The first-order valence-electron chi connectivity index (χ1n) is 11.4. The highest BCUT2D eigenvalue weighted by Gasteiger charge is 2.42. The summed E-state index contributed by atoms with van der Waals surface area (Å²) in [7, 11) is -2.72. The van der Waals surface area contributed by atoms with Gasteiger partial charge in [0.25, 0.3) is 10.0 Å². The van der Waals surface area contributed by atoms with Gasteiger partial charge >= 0.3 is 0 Å². The first-order valence-corrected chi connectivity index (χ1v) is 12.8. The predicted molar refractivity (Wildman–Crippen MR) is 139 cm³/mol. The van der Waals surface area contributed by atoms with E-state index in [1.54, 1.807) is 60.7 Å². The van der Waals surface area contributed by atoms with Crippen LogP contribution in [0.5, 0.6) is 5.75 Å². The second-order valence-electron chi connectivity index (χ2n) is 8.36. The van der Waals surface area contributed by atoms with E-state index in [-0.39, 0.29) is 23.0 Å². The van der Waals surface area contributed by atoms with Crippen LogP contribution in [0.25, 0.3) is 0 Å². The van der Waals surface area contributed by atoms with Crippen LogP contribution in [0.1, 0.15) is 18.9 Å². The van der Waals surface area contributed by atoms with E-state index < -0.39 is 34.3 Å². The maximum absolute atomic E-state index is 13.8. The zero-order chi connectivity index (χ0) is 26.6. The van der Waals surface area contributed by atoms with Gasteiger partial charge in [-0.3, -0.25) is 18.7 Å². The predicted octanol–water partition coefficient (Wildman–Crippen LogP) is 2.88. The number of para-hydroxylation sites is 2. The average molecular weight is 523 g/mol. The van der Waals surface area contributed by atoms with Crippen LogP contribution < -0.4 is 25.0 Å². The monoisotopic (exact) mass is 522 g/mol. The third-order valence-electron chi connectivity index (χ3n) is 5.76. The summed E-state index contributed by atoms with van der Waals surface area (Å²) in [5, 5.41) is 8.05. The van der Waals surface area contributed by atoms with Crippen molar-refractivity contribution in [1.29, 1.82) is 0 Å². The standard InChI is InChI=1S/C26H26N4O6S/c1-17(31)27-16-18-7-13-21(14-8-18)37(34,35)30-23-6-4-3-5-22(23)29-26(33)24(30)15-25(32)28-19-9-11-20(36-2)12-10-19/h3-14,24H,15-16H2,1-2H3,(H,27,31)(H,28,32)(H,29,33)/t24-/m1/s1. The van der Waals surface area contributed by atoms with Crippen molar-refractivity contribution < 1.29 is 27.5 Å². The van der Waals surface area contributed by atoms with Gasteiger partial charge in [-0.1, -0.05) is 24.3 Å². The van der Waals surface area contributed by atoms with Gasteiger partial charge in [-0.05, 0) is 54.1 Å². The summed E-state index contributed by atoms with van der Waals surface area (Å²) in [4.78, 5) is 37.1. The molecule has 3 aromatic rings. The number of amides is 3. The number of ether oxygens (including phenoxy) is 1. The highest BCUT2D eigenvalue weighted by atomic mass is 32.2. The fourth-order valence-corrected chi connectivity index (χ4v) is 5.55. The minimum absolute atomic E-state index is 0.0517. The van der Waals surface area contributed by atoms with E-state index in [0.717, 1.165) is 4.31 Å². The molecule has 1 atom stereocenters. The smallest absolute Gasteiger partial charge is 0.265 e. The van der Waals surface area contributed by atoms with Crippen LogP contribution in [0.2, 0.25) is 0 Å². The molecule has 1 aliphatic rings. The Morgan fingerprint density at radius 3 is 2.32 bits per heavy atom. The van der Waals surface area contributed by atoms with E-state index in [4.69, 9.17) is 4.74 Å². The second-order valence-corrected chi connectivity index (χ2v) is 10.2. The Morgan fingerprint density at radius 2 is 1.68 bits per heavy atom. The number of rotatable bonds is 8. The van der Waals surface area contributed by atoms with E-state index in [2.05, 4.69) is 16.0 Å². The summed E-state index contributed by atoms with van der Waals surface area (Å²) < 4.78 is 33.8. The van der Waals surface area contributed by atoms with Crippen LogP contribution >= 0.6 is 0 Å². The topological polar surface area (TPSA) is 134 Å². The van der Waals surface area contributed by atoms with Gasteiger partial charge in [0.2, 0.25) is 17.7 Å². The number of hydrogen-bond acceptors (Lipinski definition) is 6. The molecule has 0 bridgehead atoms. The Hall–Kier alpha value is -4.38. The maximum atomic E-state index is 13.8. The lowest BCUT2D eigenvalue weighted by atomic mass is 10.1. The Morgan fingerprint density at radius 1 is 1.00 bits per heavy atom. The molecule has 0 unspecified atom stereocenters. The third kappa shape index (κ3) is 5.72. The summed E-state index contributed by atoms with van der Waals surface area (Å²) in [5.74, 6) is -0.741. The summed E-state index contributed by atoms with van der Waals surface area (Å²) in [6.07, 6.45) is -0.411. The van der Waals surface area contributed by atoms with Crippen molar-refractivity contribution in [3.8, 4) is 5.75 Å². The first-order chi connectivity index (χ1) is 17.7. The quantitative estimate of drug-likeness (QED) is 0.417. The third-order valence-corrected chi connectivity index (χ3v) is 7.60. The molecule has 0 radical (unpaired) electrons. The number of methoxy groups -OCH3 is 1. The Bertz CT molecular complexity index is 1420. The fourth-order valence-electron chi connectivity index (χ4n) is 3.92. The van der Waals surface area contributed by atoms with Gasteiger partial charge in [0.05, 0.1) is 29.8 Å². The van der Waals surface area contributed by atoms with Crippen LogP contribution in [0, 0.1) is 0 Å². The fraction of sp³-hybridized carbons (Fsp3) is 0.192. The van der Waals surface area contributed by atoms with Crippen LogP contribution in [-0.2, 0) is 31.0 Å². The molecule has 4 rings (SSSR count). The minimum Gasteiger partial charge on any atom is -0.497 e. The van der Waals surface area contributed by atoms with Crippen LogP contribution in [-0.4, -0.2) is 39.3 Å². The first kappa shape index (κ1) is 25.7. The molecule has 0 saturated heterocycles. The zero-order valence-electron chi connectivity index (χ0n) is 20.2. The molecule has 0 saturated carbocycles. The van der Waals surface area contributed by atoms with Gasteiger partial charge in [0.15, 0.2) is 0 Å². The van der Waals surface area contributed by atoms with Crippen LogP contribution in [0.15, 0.2) is 77.7 Å². The van der Waals surface area contributed by atoms with Gasteiger partial charge in [-0.15, -0.1) is 0 Å². The number of sulfonamides is 1. The molecule has 1 aliphatic heterocycles. The largest absolute Gasteiger partial charge is 0.497 e. The number of carbonyl (C=O) groups is 3. The van der Waals surface area contributed by atoms with Crippen molar-refractivity contribution in [3.05, 3.63) is 78.4 Å². The number of fused-ring (bicyclic) bond motifs is 1. The molecule has 192 valence electrons. The van der Waals surface area contributed by atoms with E-state index in [1.807, 2.05) is 0 Å². The van der Waals surface area contributed by atoms with Gasteiger partial charge in [-0.25, -0.2) is 8.42 Å². The molecule has 3 aromatic carbocycles. The van der Waals surface area contributed by atoms with Crippen LogP contribution in [0.4, 0.5) is 17.1 Å². The molecule has 0 aliphatic carbocycles. The molecule has 3 amide bonds. The Kier molecular flexibility index (Phi) is 7.44. The van der Waals surface area contributed by atoms with Gasteiger partial charge < -0.3 is 20.7 Å². The van der Waals surface area contributed by atoms with E-state index >= 15 is 0 Å². The highest BCUT2D eigenvalue weighted by Crippen LogP contribution is 2.37. The molecule has 0 spiro atoms. The van der Waals surface area contributed by atoms with Crippen molar-refractivity contribution in [2.45, 2.75) is 30.8 Å². The lowest BCUT2D eigenvalue weighted by molar-refractivity contribution is -0.122. The molecule has 11 heteroatoms. The maximum Gasteiger partial charge on any atom is 0.265 e. The number of carbonyl (C=O) groups excluding carboxylic acids is 3. The van der Waals surface area contributed by atoms with Crippen molar-refractivity contribution in [2.24, 2.45) is 0 Å². The number of hydrogen-bond donors (Lipinski definition) is 3. The van der Waals surface area contributed by atoms with E-state index in [0.29, 0.717) is 22.7 Å². The normalized spacial score (nSPS) is 14.8. The number of anilines is 3. The summed E-state index contributed by atoms with van der Waals surface area (Å²) in [6, 6.07) is 17.8. The average Bonchev–Trinajstić information content (AvgIpc) is 2.88. The van der Waals surface area contributed by atoms with Crippen molar-refractivity contribution in [3.63, 3.8) is 0 Å². The summed E-state index contributed by atoms with van der Waals surface area (Å²) in [6.45, 7) is 1.64. The molecular weight excluding hydrogens is 496 g/mol. The van der Waals surface area contributed by atoms with Gasteiger partial charge in [-0.2, -0.15) is 0 Å². The summed E-state index contributed by atoms with van der Waals surface area (Å²) in [5.41, 5.74) is 1.77. The van der Waals surface area contributed by atoms with Crippen molar-refractivity contribution in [1.82, 2.24) is 5.32 Å². The van der Waals surface area contributed by atoms with E-state index in [9.17, 15) is 22.8 Å². The highest BCUT2D eigenvalue weighted by molar-refractivity contribution is 7.93. The molecular formula is C26H26N4O6S. The second kappa shape index (κ2) is 10.7. The SMILES string of the molecule is COc1ccc(NC(=O)C[C@@H]2C(=O)Nc3ccccc3N2S(=O)(=O)c2ccc(CNC(C)=O)cc2)cc1. The van der Waals surface area contributed by atoms with E-state index in [1.165, 1.54) is 26.2 Å². The minimum atomic E-state index is -4.24. The van der Waals surface area contributed by atoms with Gasteiger partial charge in [0.1, 0.15) is 11.8 Å². The lowest BCUT2D eigenvalue weighted by Crippen LogP contribution is -2.52. The number of nitrogens with zero attached hydrogens (tertiary/aromatic N) is 1. The number of nitrogens with one attached hydrogen (secondary N) is 3. The zero-order valence-corrected chi connectivity index (χ0v) is 21.0. The lowest BCUT2D eigenvalue weighted by Gasteiger charge is -2.36. The molecule has 10 nitrogen and oxygen atoms in total. The van der Waals surface area contributed by atoms with Crippen LogP contribution in [0.3, 0.4) is 0 Å². The Balaban J connectivity index is 1.64. The van der Waals surface area contributed by atoms with Gasteiger partial charge in [0, 0.05) is 19.2 Å². The Labute approximate surface area is 214 Å². The summed E-state index contributed by atoms with van der Waals surface area (Å²) >= 11 is 0. The molecule has 37 heavy (non-hydrogen) atoms. The van der Waals surface area contributed by atoms with Crippen molar-refractivity contribution >= 4 is 44.8 Å². The molecule has 0 fully saturated rings.